The summed E-state index contributed by atoms with van der Waals surface area (Å²) in [6, 6.07) is 9.55. The maximum Gasteiger partial charge on any atom is 0.416 e. The second-order valence-corrected chi connectivity index (χ2v) is 9.35. The zero-order valence-corrected chi connectivity index (χ0v) is 23.8. The Kier molecular flexibility index (Phi) is 9.66. The molecule has 0 aliphatic carbocycles. The molecule has 0 aliphatic rings. The van der Waals surface area contributed by atoms with Gasteiger partial charge in [-0.1, -0.05) is 6.07 Å². The van der Waals surface area contributed by atoms with Crippen molar-refractivity contribution in [2.24, 2.45) is 0 Å². The predicted octanol–water partition coefficient (Wildman–Crippen LogP) is 6.55. The first-order valence-electron chi connectivity index (χ1n) is 13.2. The van der Waals surface area contributed by atoms with Crippen LogP contribution in [0, 0.1) is 6.92 Å². The smallest absolute Gasteiger partial charge is 0.416 e. The Morgan fingerprint density at radius 2 is 1.81 bits per heavy atom. The van der Waals surface area contributed by atoms with Crippen molar-refractivity contribution < 1.29 is 37.3 Å². The Bertz CT molecular complexity index is 1600. The molecule has 0 bridgehead atoms. The zero-order valence-electron chi connectivity index (χ0n) is 23.8. The molecule has 4 aromatic rings. The highest BCUT2D eigenvalue weighted by molar-refractivity contribution is 6.00. The number of nitrogens with one attached hydrogen (secondary N) is 2. The van der Waals surface area contributed by atoms with Gasteiger partial charge < -0.3 is 30.0 Å². The van der Waals surface area contributed by atoms with Gasteiger partial charge in [0.1, 0.15) is 23.9 Å². The third-order valence-corrected chi connectivity index (χ3v) is 6.23. The van der Waals surface area contributed by atoms with Gasteiger partial charge in [-0.05, 0) is 56.7 Å². The van der Waals surface area contributed by atoms with E-state index in [2.05, 4.69) is 25.6 Å². The number of halogens is 3. The number of rotatable bonds is 10. The second kappa shape index (κ2) is 13.4. The number of carbonyl (C=O) groups is 1. The standard InChI is InChI=1S/C30H30F3N5O5/c1-5-42-27-12-22(41-4)8-6-19(27)16-43-23-10-20(13-34-14-23)28-35-15-26(17(2)36-28)38-29(40)37-21-7-9-24(18(3)39)25(11-21)30(31,32)33/h6-15,18,39H,5,16H2,1-4H3,(H2,37,38,40). The maximum atomic E-state index is 13.4. The number of nitrogens with zero attached hydrogens (tertiary/aromatic N) is 3. The van der Waals surface area contributed by atoms with Crippen molar-refractivity contribution >= 4 is 17.4 Å². The molecule has 0 saturated carbocycles. The molecule has 4 rings (SSSR count). The number of methoxy groups -OCH3 is 1. The van der Waals surface area contributed by atoms with Gasteiger partial charge in [-0.2, -0.15) is 13.2 Å². The average Bonchev–Trinajstić information content (AvgIpc) is 2.97. The zero-order chi connectivity index (χ0) is 31.1. The van der Waals surface area contributed by atoms with Gasteiger partial charge in [0.2, 0.25) is 0 Å². The molecule has 2 aromatic heterocycles. The first-order chi connectivity index (χ1) is 20.5. The number of aromatic nitrogens is 3. The summed E-state index contributed by atoms with van der Waals surface area (Å²) in [6.45, 7) is 5.46. The molecule has 2 heterocycles. The topological polar surface area (TPSA) is 128 Å². The van der Waals surface area contributed by atoms with Gasteiger partial charge in [0.25, 0.3) is 0 Å². The lowest BCUT2D eigenvalue weighted by Gasteiger charge is -2.17. The molecule has 226 valence electrons. The molecule has 1 unspecified atom stereocenters. The average molecular weight is 598 g/mol. The fourth-order valence-corrected chi connectivity index (χ4v) is 4.11. The molecule has 0 saturated heterocycles. The molecule has 43 heavy (non-hydrogen) atoms. The molecule has 3 N–H and O–H groups in total. The molecular weight excluding hydrogens is 567 g/mol. The number of alkyl halides is 3. The molecule has 2 aromatic carbocycles. The summed E-state index contributed by atoms with van der Waals surface area (Å²) in [4.78, 5) is 25.5. The first kappa shape index (κ1) is 31.0. The number of pyridine rings is 1. The highest BCUT2D eigenvalue weighted by Crippen LogP contribution is 2.36. The van der Waals surface area contributed by atoms with E-state index in [1.165, 1.54) is 19.2 Å². The fraction of sp³-hybridized carbons (Fsp3) is 0.267. The van der Waals surface area contributed by atoms with E-state index in [0.717, 1.165) is 17.7 Å². The van der Waals surface area contributed by atoms with E-state index in [-0.39, 0.29) is 23.5 Å². The van der Waals surface area contributed by atoms with Crippen LogP contribution in [-0.2, 0) is 12.8 Å². The van der Waals surface area contributed by atoms with Crippen LogP contribution in [0.5, 0.6) is 17.2 Å². The number of aliphatic hydroxyl groups is 1. The van der Waals surface area contributed by atoms with E-state index < -0.39 is 23.9 Å². The van der Waals surface area contributed by atoms with Gasteiger partial charge in [0.05, 0.1) is 49.2 Å². The summed E-state index contributed by atoms with van der Waals surface area (Å²) in [5.74, 6) is 2.11. The van der Waals surface area contributed by atoms with Crippen molar-refractivity contribution in [1.82, 2.24) is 15.0 Å². The van der Waals surface area contributed by atoms with Crippen LogP contribution in [0.1, 0.15) is 42.3 Å². The Labute approximate surface area is 245 Å². The summed E-state index contributed by atoms with van der Waals surface area (Å²) >= 11 is 0. The van der Waals surface area contributed by atoms with Crippen LogP contribution < -0.4 is 24.8 Å². The van der Waals surface area contributed by atoms with Crippen molar-refractivity contribution in [2.75, 3.05) is 24.4 Å². The van der Waals surface area contributed by atoms with Gasteiger partial charge in [0, 0.05) is 29.1 Å². The number of benzene rings is 2. The third kappa shape index (κ3) is 7.89. The monoisotopic (exact) mass is 597 g/mol. The number of anilines is 2. The Hall–Kier alpha value is -4.91. The normalized spacial score (nSPS) is 11.9. The Morgan fingerprint density at radius 1 is 1.02 bits per heavy atom. The van der Waals surface area contributed by atoms with Gasteiger partial charge >= 0.3 is 12.2 Å². The van der Waals surface area contributed by atoms with Gasteiger partial charge in [-0.15, -0.1) is 0 Å². The highest BCUT2D eigenvalue weighted by atomic mass is 19.4. The van der Waals surface area contributed by atoms with E-state index in [9.17, 15) is 23.1 Å². The molecule has 0 radical (unpaired) electrons. The number of ether oxygens (including phenoxy) is 3. The van der Waals surface area contributed by atoms with Gasteiger partial charge in [-0.3, -0.25) is 4.98 Å². The minimum absolute atomic E-state index is 0.102. The second-order valence-electron chi connectivity index (χ2n) is 9.35. The molecule has 0 fully saturated rings. The minimum atomic E-state index is -4.71. The lowest BCUT2D eigenvalue weighted by molar-refractivity contribution is -0.139. The van der Waals surface area contributed by atoms with Crippen LogP contribution in [0.15, 0.2) is 61.1 Å². The predicted molar refractivity (Wildman–Crippen MR) is 153 cm³/mol. The van der Waals surface area contributed by atoms with E-state index >= 15 is 0 Å². The molecule has 13 heteroatoms. The van der Waals surface area contributed by atoms with Crippen molar-refractivity contribution in [3.8, 4) is 28.6 Å². The molecular formula is C30H30F3N5O5. The number of amides is 2. The molecule has 1 atom stereocenters. The summed E-state index contributed by atoms with van der Waals surface area (Å²) in [7, 11) is 1.58. The van der Waals surface area contributed by atoms with Crippen LogP contribution in [-0.4, -0.2) is 39.8 Å². The number of hydrogen-bond acceptors (Lipinski definition) is 8. The third-order valence-electron chi connectivity index (χ3n) is 6.23. The van der Waals surface area contributed by atoms with Crippen LogP contribution >= 0.6 is 0 Å². The minimum Gasteiger partial charge on any atom is -0.497 e. The molecule has 0 spiro atoms. The van der Waals surface area contributed by atoms with Crippen LogP contribution in [0.4, 0.5) is 29.3 Å². The summed E-state index contributed by atoms with van der Waals surface area (Å²) in [6.07, 6.45) is -1.54. The summed E-state index contributed by atoms with van der Waals surface area (Å²) < 4.78 is 57.2. The van der Waals surface area contributed by atoms with Crippen molar-refractivity contribution in [3.63, 3.8) is 0 Å². The van der Waals surface area contributed by atoms with Crippen LogP contribution in [0.25, 0.3) is 11.4 Å². The summed E-state index contributed by atoms with van der Waals surface area (Å²) in [5, 5.41) is 14.6. The Balaban J connectivity index is 1.44. The molecule has 0 aliphatic heterocycles. The molecule has 10 nitrogen and oxygen atoms in total. The lowest BCUT2D eigenvalue weighted by atomic mass is 10.0. The quantitative estimate of drug-likeness (QED) is 0.188. The molecule has 2 amide bonds. The largest absolute Gasteiger partial charge is 0.497 e. The van der Waals surface area contributed by atoms with Crippen LogP contribution in [0.3, 0.4) is 0 Å². The number of aliphatic hydroxyl groups excluding tert-OH is 1. The van der Waals surface area contributed by atoms with Gasteiger partial charge in [0.15, 0.2) is 5.82 Å². The van der Waals surface area contributed by atoms with E-state index in [0.29, 0.717) is 40.9 Å². The number of urea groups is 1. The van der Waals surface area contributed by atoms with E-state index in [1.807, 2.05) is 19.1 Å². The lowest BCUT2D eigenvalue weighted by Crippen LogP contribution is -2.21. The van der Waals surface area contributed by atoms with Gasteiger partial charge in [-0.25, -0.2) is 14.8 Å². The fourth-order valence-electron chi connectivity index (χ4n) is 4.11. The van der Waals surface area contributed by atoms with Crippen molar-refractivity contribution in [2.45, 2.75) is 39.7 Å². The highest BCUT2D eigenvalue weighted by Gasteiger charge is 2.34. The van der Waals surface area contributed by atoms with E-state index in [4.69, 9.17) is 14.2 Å². The van der Waals surface area contributed by atoms with Crippen molar-refractivity contribution in [1.29, 1.82) is 0 Å². The summed E-state index contributed by atoms with van der Waals surface area (Å²) in [5.41, 5.74) is 0.612. The Morgan fingerprint density at radius 3 is 2.49 bits per heavy atom. The van der Waals surface area contributed by atoms with Crippen LogP contribution in [0.2, 0.25) is 0 Å². The first-order valence-corrected chi connectivity index (χ1v) is 13.2. The SMILES string of the molecule is CCOc1cc(OC)ccc1COc1cncc(-c2ncc(NC(=O)Nc3ccc(C(C)O)c(C(F)(F)F)c3)c(C)n2)c1. The van der Waals surface area contributed by atoms with E-state index in [1.54, 1.807) is 38.6 Å². The number of carbonyl (C=O) groups excluding carboxylic acids is 1. The number of aryl methyl sites for hydroxylation is 1. The van der Waals surface area contributed by atoms with Crippen molar-refractivity contribution in [3.05, 3.63) is 83.4 Å². The number of hydrogen-bond donors (Lipinski definition) is 3. The maximum absolute atomic E-state index is 13.4.